The molecule has 1 rings (SSSR count). The van der Waals surface area contributed by atoms with Crippen molar-refractivity contribution >= 4 is 41.3 Å². The van der Waals surface area contributed by atoms with E-state index in [9.17, 15) is 0 Å². The van der Waals surface area contributed by atoms with Gasteiger partial charge in [0, 0.05) is 51.5 Å². The second kappa shape index (κ2) is 13.0. The minimum absolute atomic E-state index is 0. The maximum absolute atomic E-state index is 5.05. The molecule has 8 heteroatoms. The van der Waals surface area contributed by atoms with Crippen LogP contribution in [-0.2, 0) is 11.3 Å². The number of nitrogens with zero attached hydrogens (tertiary/aromatic N) is 3. The zero-order valence-corrected chi connectivity index (χ0v) is 17.0. The van der Waals surface area contributed by atoms with Gasteiger partial charge in [0.2, 0.25) is 0 Å². The molecule has 0 aliphatic rings. The van der Waals surface area contributed by atoms with Crippen LogP contribution in [0, 0.1) is 6.92 Å². The van der Waals surface area contributed by atoms with Crippen LogP contribution in [0.5, 0.6) is 0 Å². The molecule has 1 heterocycles. The summed E-state index contributed by atoms with van der Waals surface area (Å²) >= 11 is 1.70. The highest BCUT2D eigenvalue weighted by Crippen LogP contribution is 2.10. The first-order chi connectivity index (χ1) is 10.2. The number of nitrogens with one attached hydrogen (secondary N) is 2. The second-order valence-electron chi connectivity index (χ2n) is 4.85. The molecule has 0 spiro atoms. The number of ether oxygens (including phenoxy) is 1. The van der Waals surface area contributed by atoms with Crippen LogP contribution in [0.4, 0.5) is 0 Å². The van der Waals surface area contributed by atoms with E-state index in [0.717, 1.165) is 50.2 Å². The third kappa shape index (κ3) is 9.54. The van der Waals surface area contributed by atoms with Crippen molar-refractivity contribution in [2.24, 2.45) is 4.99 Å². The minimum Gasteiger partial charge on any atom is -0.385 e. The second-order valence-corrected chi connectivity index (χ2v) is 6.17. The highest BCUT2D eigenvalue weighted by atomic mass is 127. The van der Waals surface area contributed by atoms with Gasteiger partial charge in [-0.1, -0.05) is 0 Å². The molecule has 22 heavy (non-hydrogen) atoms. The predicted molar refractivity (Wildman–Crippen MR) is 104 cm³/mol. The van der Waals surface area contributed by atoms with E-state index in [1.54, 1.807) is 25.5 Å². The normalized spacial score (nSPS) is 11.4. The smallest absolute Gasteiger partial charge is 0.191 e. The molecule has 1 aromatic rings. The molecular formula is C14H28IN5OS. The quantitative estimate of drug-likeness (QED) is 0.265. The maximum Gasteiger partial charge on any atom is 0.191 e. The standard InChI is InChI=1S/C14H27N5OS.HI/c1-12-17-10-13(21-12)11-18-14(15-2)16-6-8-19(3)7-5-9-20-4;/h10H,5-9,11H2,1-4H3,(H2,15,16,18);1H. The van der Waals surface area contributed by atoms with Crippen LogP contribution in [-0.4, -0.2) is 63.3 Å². The van der Waals surface area contributed by atoms with E-state index < -0.39 is 0 Å². The molecule has 0 unspecified atom stereocenters. The molecule has 0 aliphatic carbocycles. The van der Waals surface area contributed by atoms with E-state index in [-0.39, 0.29) is 24.0 Å². The number of thiazole rings is 1. The van der Waals surface area contributed by atoms with Gasteiger partial charge in [-0.3, -0.25) is 4.99 Å². The largest absolute Gasteiger partial charge is 0.385 e. The van der Waals surface area contributed by atoms with Crippen LogP contribution >= 0.6 is 35.3 Å². The van der Waals surface area contributed by atoms with Gasteiger partial charge in [-0.25, -0.2) is 4.98 Å². The van der Waals surface area contributed by atoms with Gasteiger partial charge >= 0.3 is 0 Å². The van der Waals surface area contributed by atoms with Crippen molar-refractivity contribution < 1.29 is 4.74 Å². The first-order valence-corrected chi connectivity index (χ1v) is 8.00. The summed E-state index contributed by atoms with van der Waals surface area (Å²) in [5.41, 5.74) is 0. The molecule has 0 saturated heterocycles. The Kier molecular flexibility index (Phi) is 12.8. The molecule has 0 atom stereocenters. The Morgan fingerprint density at radius 3 is 2.77 bits per heavy atom. The Bertz CT molecular complexity index is 427. The van der Waals surface area contributed by atoms with E-state index >= 15 is 0 Å². The zero-order valence-electron chi connectivity index (χ0n) is 13.9. The number of likely N-dealkylation sites (N-methyl/N-ethyl adjacent to an activating group) is 1. The molecule has 0 aliphatic heterocycles. The van der Waals surface area contributed by atoms with Gasteiger partial charge in [0.15, 0.2) is 5.96 Å². The molecule has 6 nitrogen and oxygen atoms in total. The molecule has 1 aromatic heterocycles. The molecule has 0 radical (unpaired) electrons. The van der Waals surface area contributed by atoms with Crippen molar-refractivity contribution in [2.75, 3.05) is 47.4 Å². The summed E-state index contributed by atoms with van der Waals surface area (Å²) in [4.78, 5) is 12.0. The van der Waals surface area contributed by atoms with Gasteiger partial charge in [-0.2, -0.15) is 0 Å². The minimum atomic E-state index is 0. The van der Waals surface area contributed by atoms with Gasteiger partial charge in [0.05, 0.1) is 11.6 Å². The van der Waals surface area contributed by atoms with E-state index in [4.69, 9.17) is 4.74 Å². The molecule has 0 saturated carbocycles. The number of aromatic nitrogens is 1. The lowest BCUT2D eigenvalue weighted by molar-refractivity contribution is 0.180. The molecule has 2 N–H and O–H groups in total. The number of hydrogen-bond acceptors (Lipinski definition) is 5. The Hall–Kier alpha value is -0.450. The molecular weight excluding hydrogens is 413 g/mol. The fraction of sp³-hybridized carbons (Fsp3) is 0.714. The molecule has 0 amide bonds. The van der Waals surface area contributed by atoms with Gasteiger partial charge in [0.1, 0.15) is 0 Å². The number of aliphatic imine (C=N–C) groups is 1. The summed E-state index contributed by atoms with van der Waals surface area (Å²) in [6.45, 7) is 6.47. The number of aryl methyl sites for hydroxylation is 1. The summed E-state index contributed by atoms with van der Waals surface area (Å²) in [6.07, 6.45) is 2.97. The summed E-state index contributed by atoms with van der Waals surface area (Å²) in [5.74, 6) is 0.825. The lowest BCUT2D eigenvalue weighted by Gasteiger charge is -2.18. The average Bonchev–Trinajstić information content (AvgIpc) is 2.88. The topological polar surface area (TPSA) is 61.8 Å². The van der Waals surface area contributed by atoms with Crippen LogP contribution in [0.3, 0.4) is 0 Å². The average molecular weight is 441 g/mol. The van der Waals surface area contributed by atoms with Crippen molar-refractivity contribution in [3.8, 4) is 0 Å². The summed E-state index contributed by atoms with van der Waals surface area (Å²) in [6, 6.07) is 0. The van der Waals surface area contributed by atoms with Crippen LogP contribution in [0.1, 0.15) is 16.3 Å². The SMILES string of the molecule is CN=C(NCCN(C)CCCOC)NCc1cnc(C)s1.I. The third-order valence-corrected chi connectivity index (χ3v) is 3.91. The van der Waals surface area contributed by atoms with Gasteiger partial charge in [-0.15, -0.1) is 35.3 Å². The maximum atomic E-state index is 5.05. The number of rotatable bonds is 9. The predicted octanol–water partition coefficient (Wildman–Crippen LogP) is 1.70. The number of hydrogen-bond donors (Lipinski definition) is 2. The van der Waals surface area contributed by atoms with E-state index in [2.05, 4.69) is 32.6 Å². The molecule has 0 bridgehead atoms. The van der Waals surface area contributed by atoms with Crippen molar-refractivity contribution in [2.45, 2.75) is 19.9 Å². The lowest BCUT2D eigenvalue weighted by atomic mass is 10.4. The Labute approximate surface area is 154 Å². The molecule has 128 valence electrons. The fourth-order valence-electron chi connectivity index (χ4n) is 1.83. The summed E-state index contributed by atoms with van der Waals surface area (Å²) in [5, 5.41) is 7.70. The van der Waals surface area contributed by atoms with E-state index in [1.807, 2.05) is 13.1 Å². The Balaban J connectivity index is 0.00000441. The van der Waals surface area contributed by atoms with Crippen LogP contribution in [0.2, 0.25) is 0 Å². The van der Waals surface area contributed by atoms with Crippen molar-refractivity contribution in [3.63, 3.8) is 0 Å². The fourth-order valence-corrected chi connectivity index (χ4v) is 2.57. The monoisotopic (exact) mass is 441 g/mol. The first-order valence-electron chi connectivity index (χ1n) is 7.19. The van der Waals surface area contributed by atoms with Crippen LogP contribution < -0.4 is 10.6 Å². The van der Waals surface area contributed by atoms with Gasteiger partial charge in [-0.05, 0) is 20.4 Å². The highest BCUT2D eigenvalue weighted by molar-refractivity contribution is 14.0. The van der Waals surface area contributed by atoms with Crippen molar-refractivity contribution in [1.29, 1.82) is 0 Å². The van der Waals surface area contributed by atoms with Crippen LogP contribution in [0.15, 0.2) is 11.2 Å². The third-order valence-electron chi connectivity index (χ3n) is 3.00. The molecule has 0 fully saturated rings. The highest BCUT2D eigenvalue weighted by Gasteiger charge is 2.02. The lowest BCUT2D eigenvalue weighted by Crippen LogP contribution is -2.40. The van der Waals surface area contributed by atoms with Gasteiger partial charge in [0.25, 0.3) is 0 Å². The van der Waals surface area contributed by atoms with E-state index in [1.165, 1.54) is 4.88 Å². The van der Waals surface area contributed by atoms with Crippen molar-refractivity contribution in [3.05, 3.63) is 16.1 Å². The molecule has 0 aromatic carbocycles. The summed E-state index contributed by atoms with van der Waals surface area (Å²) < 4.78 is 5.05. The number of methoxy groups -OCH3 is 1. The van der Waals surface area contributed by atoms with E-state index in [0.29, 0.717) is 0 Å². The van der Waals surface area contributed by atoms with Gasteiger partial charge < -0.3 is 20.3 Å². The zero-order chi connectivity index (χ0) is 15.5. The summed E-state index contributed by atoms with van der Waals surface area (Å²) in [7, 11) is 5.64. The number of halogens is 1. The Morgan fingerprint density at radius 2 is 2.18 bits per heavy atom. The van der Waals surface area contributed by atoms with Crippen LogP contribution in [0.25, 0.3) is 0 Å². The first kappa shape index (κ1) is 21.6. The van der Waals surface area contributed by atoms with Crippen molar-refractivity contribution in [1.82, 2.24) is 20.5 Å². The Morgan fingerprint density at radius 1 is 1.41 bits per heavy atom. The number of guanidine groups is 1.